The third kappa shape index (κ3) is 3.16. The van der Waals surface area contributed by atoms with Gasteiger partial charge in [0.25, 0.3) is 0 Å². The van der Waals surface area contributed by atoms with Gasteiger partial charge in [-0.15, -0.1) is 0 Å². The monoisotopic (exact) mass is 325 g/mol. The lowest BCUT2D eigenvalue weighted by Crippen LogP contribution is -2.04. The smallest absolute Gasteiger partial charge is 0.310 e. The average molecular weight is 326 g/mol. The molecule has 0 saturated carbocycles. The number of ether oxygens (including phenoxy) is 1. The fourth-order valence-electron chi connectivity index (χ4n) is 2.14. The van der Waals surface area contributed by atoms with E-state index in [-0.39, 0.29) is 19.0 Å². The van der Waals surface area contributed by atoms with Crippen LogP contribution in [0.5, 0.6) is 0 Å². The molecule has 2 aromatic rings. The molecule has 0 unspecified atom stereocenters. The third-order valence-corrected chi connectivity index (χ3v) is 3.54. The van der Waals surface area contributed by atoms with Crippen LogP contribution in [0, 0.1) is 0 Å². The first-order chi connectivity index (χ1) is 9.15. The van der Waals surface area contributed by atoms with E-state index in [2.05, 4.69) is 20.5 Å². The number of hydrogen-bond acceptors (Lipinski definition) is 3. The Kier molecular flexibility index (Phi) is 4.61. The molecule has 0 spiro atoms. The molecule has 1 aromatic heterocycles. The highest BCUT2D eigenvalue weighted by atomic mass is 79.9. The van der Waals surface area contributed by atoms with Crippen LogP contribution in [0.15, 0.2) is 28.9 Å². The zero-order valence-corrected chi connectivity index (χ0v) is 12.3. The highest BCUT2D eigenvalue weighted by Gasteiger charge is 2.12. The molecule has 1 heterocycles. The van der Waals surface area contributed by atoms with Gasteiger partial charge >= 0.3 is 5.97 Å². The van der Waals surface area contributed by atoms with Crippen LogP contribution in [0.4, 0.5) is 0 Å². The molecule has 102 valence electrons. The largest absolute Gasteiger partial charge is 0.469 e. The van der Waals surface area contributed by atoms with E-state index >= 15 is 0 Å². The highest BCUT2D eigenvalue weighted by molar-refractivity contribution is 9.10. The summed E-state index contributed by atoms with van der Waals surface area (Å²) in [7, 11) is 1.39. The van der Waals surface area contributed by atoms with Gasteiger partial charge in [-0.05, 0) is 24.1 Å². The number of hydrogen-bond donors (Lipinski definition) is 1. The normalized spacial score (nSPS) is 10.9. The topological polar surface area (TPSA) is 51.5 Å². The van der Waals surface area contributed by atoms with E-state index < -0.39 is 0 Å². The van der Waals surface area contributed by atoms with Gasteiger partial charge in [0.2, 0.25) is 0 Å². The van der Waals surface area contributed by atoms with Gasteiger partial charge in [0, 0.05) is 34.7 Å². The second-order valence-electron chi connectivity index (χ2n) is 4.34. The number of carbonyl (C=O) groups is 1. The number of aliphatic hydroxyl groups is 1. The minimum absolute atomic E-state index is 0.153. The summed E-state index contributed by atoms with van der Waals surface area (Å²) in [5.41, 5.74) is 2.01. The van der Waals surface area contributed by atoms with Gasteiger partial charge in [0.05, 0.1) is 13.5 Å². The molecule has 1 aromatic carbocycles. The Morgan fingerprint density at radius 3 is 2.95 bits per heavy atom. The molecule has 0 aliphatic carbocycles. The minimum Gasteiger partial charge on any atom is -0.469 e. The molecule has 0 fully saturated rings. The number of nitrogens with zero attached hydrogens (tertiary/aromatic N) is 1. The Morgan fingerprint density at radius 2 is 2.26 bits per heavy atom. The summed E-state index contributed by atoms with van der Waals surface area (Å²) in [6.07, 6.45) is 2.92. The summed E-state index contributed by atoms with van der Waals surface area (Å²) in [6, 6.07) is 5.97. The van der Waals surface area contributed by atoms with E-state index in [1.165, 1.54) is 7.11 Å². The van der Waals surface area contributed by atoms with Crippen molar-refractivity contribution in [3.8, 4) is 0 Å². The van der Waals surface area contributed by atoms with Crippen LogP contribution in [0.1, 0.15) is 12.0 Å². The van der Waals surface area contributed by atoms with Gasteiger partial charge < -0.3 is 14.4 Å². The van der Waals surface area contributed by atoms with Gasteiger partial charge in [-0.2, -0.15) is 0 Å². The number of fused-ring (bicyclic) bond motifs is 1. The Labute approximate surface area is 120 Å². The number of aryl methyl sites for hydroxylation is 1. The maximum Gasteiger partial charge on any atom is 0.310 e. The fourth-order valence-corrected chi connectivity index (χ4v) is 2.48. The average Bonchev–Trinajstić information content (AvgIpc) is 2.73. The van der Waals surface area contributed by atoms with E-state index in [1.807, 2.05) is 24.4 Å². The van der Waals surface area contributed by atoms with E-state index in [4.69, 9.17) is 9.84 Å². The summed E-state index contributed by atoms with van der Waals surface area (Å²) >= 11 is 3.45. The molecule has 0 radical (unpaired) electrons. The summed E-state index contributed by atoms with van der Waals surface area (Å²) < 4.78 is 7.78. The SMILES string of the molecule is COC(=O)Cc1cn(CCCO)c2cc(Br)ccc12. The lowest BCUT2D eigenvalue weighted by Gasteiger charge is -2.03. The first-order valence-electron chi connectivity index (χ1n) is 6.10. The van der Waals surface area contributed by atoms with Crippen molar-refractivity contribution in [2.75, 3.05) is 13.7 Å². The first kappa shape index (κ1) is 14.1. The zero-order chi connectivity index (χ0) is 13.8. The molecule has 5 heteroatoms. The van der Waals surface area contributed by atoms with Crippen LogP contribution in [-0.4, -0.2) is 29.4 Å². The van der Waals surface area contributed by atoms with Crippen LogP contribution in [0.25, 0.3) is 10.9 Å². The number of rotatable bonds is 5. The molecule has 1 N–H and O–H groups in total. The van der Waals surface area contributed by atoms with E-state index in [1.54, 1.807) is 0 Å². The van der Waals surface area contributed by atoms with Crippen LogP contribution in [0.2, 0.25) is 0 Å². The second-order valence-corrected chi connectivity index (χ2v) is 5.25. The lowest BCUT2D eigenvalue weighted by atomic mass is 10.1. The van der Waals surface area contributed by atoms with Gasteiger partial charge in [-0.1, -0.05) is 22.0 Å². The molecule has 0 aliphatic rings. The predicted molar refractivity (Wildman–Crippen MR) is 77.1 cm³/mol. The van der Waals surface area contributed by atoms with Crippen LogP contribution in [-0.2, 0) is 22.5 Å². The zero-order valence-electron chi connectivity index (χ0n) is 10.7. The molecule has 0 amide bonds. The Morgan fingerprint density at radius 1 is 1.47 bits per heavy atom. The molecule has 0 aliphatic heterocycles. The second kappa shape index (κ2) is 6.21. The number of benzene rings is 1. The van der Waals surface area contributed by atoms with Gasteiger partial charge in [0.15, 0.2) is 0 Å². The number of esters is 1. The van der Waals surface area contributed by atoms with E-state index in [0.29, 0.717) is 6.42 Å². The Balaban J connectivity index is 2.43. The molecule has 4 nitrogen and oxygen atoms in total. The standard InChI is InChI=1S/C14H16BrNO3/c1-19-14(18)7-10-9-16(5-2-6-17)13-8-11(15)3-4-12(10)13/h3-4,8-9,17H,2,5-7H2,1H3. The first-order valence-corrected chi connectivity index (χ1v) is 6.90. The number of methoxy groups -OCH3 is 1. The van der Waals surface area contributed by atoms with Crippen molar-refractivity contribution >= 4 is 32.8 Å². The molecule has 0 atom stereocenters. The molecule has 0 saturated heterocycles. The van der Waals surface area contributed by atoms with Gasteiger partial charge in [0.1, 0.15) is 0 Å². The lowest BCUT2D eigenvalue weighted by molar-refractivity contribution is -0.139. The predicted octanol–water partition coefficient (Wildman–Crippen LogP) is 2.50. The quantitative estimate of drug-likeness (QED) is 0.859. The Hall–Kier alpha value is -1.33. The van der Waals surface area contributed by atoms with Crippen molar-refractivity contribution < 1.29 is 14.6 Å². The number of aliphatic hydroxyl groups excluding tert-OH is 1. The molecular formula is C14H16BrNO3. The molecule has 2 rings (SSSR count). The highest BCUT2D eigenvalue weighted by Crippen LogP contribution is 2.26. The summed E-state index contributed by atoms with van der Waals surface area (Å²) in [6.45, 7) is 0.880. The van der Waals surface area contributed by atoms with Crippen molar-refractivity contribution in [2.24, 2.45) is 0 Å². The molecule has 0 bridgehead atoms. The maximum absolute atomic E-state index is 11.4. The summed E-state index contributed by atoms with van der Waals surface area (Å²) in [4.78, 5) is 11.4. The molecule has 19 heavy (non-hydrogen) atoms. The maximum atomic E-state index is 11.4. The third-order valence-electron chi connectivity index (χ3n) is 3.05. The van der Waals surface area contributed by atoms with E-state index in [0.717, 1.165) is 27.5 Å². The van der Waals surface area contributed by atoms with Crippen molar-refractivity contribution in [3.05, 3.63) is 34.4 Å². The summed E-state index contributed by atoms with van der Waals surface area (Å²) in [5, 5.41) is 10.00. The molecular weight excluding hydrogens is 310 g/mol. The number of halogens is 1. The van der Waals surface area contributed by atoms with Crippen molar-refractivity contribution in [1.29, 1.82) is 0 Å². The fraction of sp³-hybridized carbons (Fsp3) is 0.357. The Bertz CT molecular complexity index is 592. The minimum atomic E-state index is -0.246. The van der Waals surface area contributed by atoms with Crippen LogP contribution < -0.4 is 0 Å². The van der Waals surface area contributed by atoms with Crippen molar-refractivity contribution in [2.45, 2.75) is 19.4 Å². The van der Waals surface area contributed by atoms with E-state index in [9.17, 15) is 4.79 Å². The number of carbonyl (C=O) groups excluding carboxylic acids is 1. The van der Waals surface area contributed by atoms with Gasteiger partial charge in [-0.3, -0.25) is 4.79 Å². The van der Waals surface area contributed by atoms with Gasteiger partial charge in [-0.25, -0.2) is 0 Å². The van der Waals surface area contributed by atoms with Crippen LogP contribution in [0.3, 0.4) is 0 Å². The van der Waals surface area contributed by atoms with Crippen LogP contribution >= 0.6 is 15.9 Å². The van der Waals surface area contributed by atoms with Crippen molar-refractivity contribution in [1.82, 2.24) is 4.57 Å². The van der Waals surface area contributed by atoms with Crippen molar-refractivity contribution in [3.63, 3.8) is 0 Å². The summed E-state index contributed by atoms with van der Waals surface area (Å²) in [5.74, 6) is -0.246. The number of aromatic nitrogens is 1.